The number of hydrogen-bond acceptors (Lipinski definition) is 6. The molecule has 1 aliphatic carbocycles. The van der Waals surface area contributed by atoms with Gasteiger partial charge in [-0.25, -0.2) is 0 Å². The highest BCUT2D eigenvalue weighted by Crippen LogP contribution is 2.31. The van der Waals surface area contributed by atoms with E-state index < -0.39 is 5.78 Å². The van der Waals surface area contributed by atoms with Gasteiger partial charge in [0.15, 0.2) is 5.78 Å². The molecule has 0 spiro atoms. The first-order chi connectivity index (χ1) is 13.4. The number of hydrogen-bond donors (Lipinski definition) is 3. The van der Waals surface area contributed by atoms with Crippen LogP contribution < -0.4 is 11.1 Å². The molecule has 1 saturated heterocycles. The van der Waals surface area contributed by atoms with E-state index in [2.05, 4.69) is 19.2 Å². The standard InChI is InChI=1S/C21H36N4O3/c1-15(2)16-5-7-18(8-6-16)28-14-20-19(23)4-3-11-25(20)21(27)13-24-10-9-17(26)12-22/h9-10,12,15-16,18-20,22,24H,3-8,11,13-14,23H2,1-2H3/b10-9-,22-12?/t16-,18+,19-,20-/m0/s1. The molecule has 1 amide bonds. The van der Waals surface area contributed by atoms with Gasteiger partial charge in [-0.15, -0.1) is 0 Å². The lowest BCUT2D eigenvalue weighted by molar-refractivity contribution is -0.137. The van der Waals surface area contributed by atoms with Crippen LogP contribution in [0.15, 0.2) is 12.3 Å². The molecule has 158 valence electrons. The molecule has 0 aromatic carbocycles. The van der Waals surface area contributed by atoms with Crippen molar-refractivity contribution in [1.29, 1.82) is 5.41 Å². The maximum Gasteiger partial charge on any atom is 0.242 e. The van der Waals surface area contributed by atoms with Gasteiger partial charge in [0.25, 0.3) is 0 Å². The van der Waals surface area contributed by atoms with Crippen LogP contribution in [0.3, 0.4) is 0 Å². The Morgan fingerprint density at radius 1 is 1.25 bits per heavy atom. The highest BCUT2D eigenvalue weighted by Gasteiger charge is 2.33. The predicted molar refractivity (Wildman–Crippen MR) is 110 cm³/mol. The fraction of sp³-hybridized carbons (Fsp3) is 0.762. The van der Waals surface area contributed by atoms with Gasteiger partial charge in [0.1, 0.15) is 0 Å². The van der Waals surface area contributed by atoms with Crippen molar-refractivity contribution in [3.05, 3.63) is 12.3 Å². The summed E-state index contributed by atoms with van der Waals surface area (Å²) in [5.74, 6) is 1.07. The molecular formula is C21H36N4O3. The first kappa shape index (κ1) is 22.6. The topological polar surface area (TPSA) is 109 Å². The number of nitrogens with one attached hydrogen (secondary N) is 2. The highest BCUT2D eigenvalue weighted by atomic mass is 16.5. The van der Waals surface area contributed by atoms with E-state index in [1.54, 1.807) is 0 Å². The first-order valence-electron chi connectivity index (χ1n) is 10.5. The summed E-state index contributed by atoms with van der Waals surface area (Å²) in [5, 5.41) is 9.67. The molecular weight excluding hydrogens is 356 g/mol. The summed E-state index contributed by atoms with van der Waals surface area (Å²) < 4.78 is 6.20. The summed E-state index contributed by atoms with van der Waals surface area (Å²) in [4.78, 5) is 25.5. The van der Waals surface area contributed by atoms with Crippen molar-refractivity contribution in [2.24, 2.45) is 17.6 Å². The molecule has 0 bridgehead atoms. The first-order valence-corrected chi connectivity index (χ1v) is 10.5. The Kier molecular flexibility index (Phi) is 9.12. The van der Waals surface area contributed by atoms with Gasteiger partial charge in [-0.05, 0) is 50.4 Å². The third-order valence-electron chi connectivity index (χ3n) is 6.08. The Morgan fingerprint density at radius 2 is 1.96 bits per heavy atom. The fourth-order valence-corrected chi connectivity index (χ4v) is 4.20. The Hall–Kier alpha value is -1.73. The van der Waals surface area contributed by atoms with Crippen molar-refractivity contribution in [2.45, 2.75) is 70.6 Å². The minimum absolute atomic E-state index is 0.0424. The van der Waals surface area contributed by atoms with Gasteiger partial charge in [-0.2, -0.15) is 0 Å². The maximum atomic E-state index is 12.6. The normalized spacial score (nSPS) is 28.5. The van der Waals surface area contributed by atoms with Crippen LogP contribution in [-0.4, -0.2) is 60.7 Å². The van der Waals surface area contributed by atoms with E-state index >= 15 is 0 Å². The zero-order chi connectivity index (χ0) is 20.5. The fourth-order valence-electron chi connectivity index (χ4n) is 4.20. The smallest absolute Gasteiger partial charge is 0.242 e. The van der Waals surface area contributed by atoms with E-state index in [0.29, 0.717) is 13.2 Å². The zero-order valence-corrected chi connectivity index (χ0v) is 17.2. The molecule has 2 rings (SSSR count). The Labute approximate surface area is 168 Å². The molecule has 0 aromatic heterocycles. The average molecular weight is 393 g/mol. The van der Waals surface area contributed by atoms with Crippen molar-refractivity contribution in [1.82, 2.24) is 10.2 Å². The quantitative estimate of drug-likeness (QED) is 0.410. The number of nitrogens with zero attached hydrogens (tertiary/aromatic N) is 1. The average Bonchev–Trinajstić information content (AvgIpc) is 2.70. The predicted octanol–water partition coefficient (Wildman–Crippen LogP) is 1.86. The number of carbonyl (C=O) groups excluding carboxylic acids is 2. The van der Waals surface area contributed by atoms with E-state index in [1.165, 1.54) is 25.1 Å². The second kappa shape index (κ2) is 11.3. The van der Waals surface area contributed by atoms with Crippen molar-refractivity contribution in [3.8, 4) is 0 Å². The van der Waals surface area contributed by atoms with Gasteiger partial charge in [-0.3, -0.25) is 9.59 Å². The summed E-state index contributed by atoms with van der Waals surface area (Å²) in [6.45, 7) is 5.86. The molecule has 7 nitrogen and oxygen atoms in total. The maximum absolute atomic E-state index is 12.6. The Morgan fingerprint density at radius 3 is 2.61 bits per heavy atom. The van der Waals surface area contributed by atoms with E-state index in [-0.39, 0.29) is 30.6 Å². The van der Waals surface area contributed by atoms with Crippen LogP contribution in [0.25, 0.3) is 0 Å². The minimum atomic E-state index is -0.418. The lowest BCUT2D eigenvalue weighted by atomic mass is 9.80. The third-order valence-corrected chi connectivity index (χ3v) is 6.08. The van der Waals surface area contributed by atoms with Crippen LogP contribution in [-0.2, 0) is 14.3 Å². The minimum Gasteiger partial charge on any atom is -0.382 e. The molecule has 0 radical (unpaired) electrons. The lowest BCUT2D eigenvalue weighted by Crippen LogP contribution is -2.58. The van der Waals surface area contributed by atoms with Crippen molar-refractivity contribution in [2.75, 3.05) is 19.7 Å². The number of allylic oxidation sites excluding steroid dienone is 1. The molecule has 0 unspecified atom stereocenters. The molecule has 1 aliphatic heterocycles. The molecule has 0 aromatic rings. The second-order valence-corrected chi connectivity index (χ2v) is 8.34. The Bertz CT molecular complexity index is 556. The number of rotatable bonds is 9. The van der Waals surface area contributed by atoms with Crippen LogP contribution in [0.5, 0.6) is 0 Å². The number of carbonyl (C=O) groups is 2. The van der Waals surface area contributed by atoms with Gasteiger partial charge in [0, 0.05) is 24.9 Å². The van der Waals surface area contributed by atoms with Crippen molar-refractivity contribution in [3.63, 3.8) is 0 Å². The number of nitrogens with two attached hydrogens (primary N) is 1. The number of amides is 1. The molecule has 1 saturated carbocycles. The third kappa shape index (κ3) is 6.71. The van der Waals surface area contributed by atoms with E-state index in [9.17, 15) is 9.59 Å². The molecule has 1 heterocycles. The zero-order valence-electron chi connectivity index (χ0n) is 17.2. The molecule has 2 atom stereocenters. The monoisotopic (exact) mass is 392 g/mol. The highest BCUT2D eigenvalue weighted by molar-refractivity contribution is 6.31. The largest absolute Gasteiger partial charge is 0.382 e. The SMILES string of the molecule is CC(C)[C@H]1CC[C@@H](OC[C@H]2[C@@H](N)CCCN2C(=O)CN/C=C\C(=O)C=N)CC1. The molecule has 28 heavy (non-hydrogen) atoms. The van der Waals surface area contributed by atoms with Crippen LogP contribution in [0.4, 0.5) is 0 Å². The number of ketones is 1. The van der Waals surface area contributed by atoms with Crippen molar-refractivity contribution >= 4 is 17.9 Å². The number of piperidine rings is 1. The van der Waals surface area contributed by atoms with Crippen molar-refractivity contribution < 1.29 is 14.3 Å². The summed E-state index contributed by atoms with van der Waals surface area (Å²) in [5.41, 5.74) is 6.32. The van der Waals surface area contributed by atoms with Gasteiger partial charge in [0.2, 0.25) is 5.91 Å². The van der Waals surface area contributed by atoms with Gasteiger partial charge in [-0.1, -0.05) is 13.8 Å². The van der Waals surface area contributed by atoms with E-state index in [1.807, 2.05) is 4.90 Å². The van der Waals surface area contributed by atoms with E-state index in [0.717, 1.165) is 43.7 Å². The van der Waals surface area contributed by atoms with Crippen LogP contribution in [0.2, 0.25) is 0 Å². The molecule has 7 heteroatoms. The van der Waals surface area contributed by atoms with Crippen LogP contribution in [0.1, 0.15) is 52.4 Å². The molecule has 2 aliphatic rings. The summed E-state index contributed by atoms with van der Waals surface area (Å²) >= 11 is 0. The summed E-state index contributed by atoms with van der Waals surface area (Å²) in [6.07, 6.45) is 10.0. The number of ether oxygens (including phenoxy) is 1. The van der Waals surface area contributed by atoms with Crippen LogP contribution in [0, 0.1) is 17.2 Å². The van der Waals surface area contributed by atoms with Gasteiger partial charge in [0.05, 0.1) is 31.5 Å². The van der Waals surface area contributed by atoms with Crippen LogP contribution >= 0.6 is 0 Å². The second-order valence-electron chi connectivity index (χ2n) is 8.34. The number of likely N-dealkylation sites (tertiary alicyclic amines) is 1. The van der Waals surface area contributed by atoms with Gasteiger partial charge < -0.3 is 26.1 Å². The lowest BCUT2D eigenvalue weighted by Gasteiger charge is -2.41. The van der Waals surface area contributed by atoms with Gasteiger partial charge >= 0.3 is 0 Å². The Balaban J connectivity index is 1.82. The van der Waals surface area contributed by atoms with E-state index in [4.69, 9.17) is 15.9 Å². The summed E-state index contributed by atoms with van der Waals surface area (Å²) in [6, 6.07) is -0.169. The molecule has 2 fully saturated rings. The molecule has 4 N–H and O–H groups in total. The summed E-state index contributed by atoms with van der Waals surface area (Å²) in [7, 11) is 0.